The molecule has 0 aliphatic heterocycles. The van der Waals surface area contributed by atoms with Crippen molar-refractivity contribution in [2.24, 2.45) is 5.10 Å². The lowest BCUT2D eigenvalue weighted by Crippen LogP contribution is -2.34. The summed E-state index contributed by atoms with van der Waals surface area (Å²) in [6.45, 7) is 1.08. The maximum Gasteiger partial charge on any atom is 0.187 e. The van der Waals surface area contributed by atoms with Gasteiger partial charge in [0.05, 0.1) is 12.8 Å². The van der Waals surface area contributed by atoms with Crippen LogP contribution in [0.1, 0.15) is 5.56 Å². The Morgan fingerprint density at radius 1 is 1.44 bits per heavy atom. The molecule has 18 heavy (non-hydrogen) atoms. The fourth-order valence-corrected chi connectivity index (χ4v) is 1.22. The molecule has 0 spiro atoms. The van der Waals surface area contributed by atoms with Gasteiger partial charge in [-0.1, -0.05) is 6.07 Å². The van der Waals surface area contributed by atoms with Crippen molar-refractivity contribution in [3.8, 4) is 0 Å². The molecule has 0 saturated carbocycles. The molecule has 0 unspecified atom stereocenters. The van der Waals surface area contributed by atoms with Gasteiger partial charge in [0, 0.05) is 13.7 Å². The van der Waals surface area contributed by atoms with Crippen LogP contribution in [0.15, 0.2) is 23.3 Å². The van der Waals surface area contributed by atoms with E-state index in [2.05, 4.69) is 15.8 Å². The van der Waals surface area contributed by atoms with Crippen molar-refractivity contribution in [1.82, 2.24) is 10.7 Å². The third kappa shape index (κ3) is 5.15. The normalized spacial score (nSPS) is 10.6. The van der Waals surface area contributed by atoms with Gasteiger partial charge in [0.2, 0.25) is 0 Å². The highest BCUT2D eigenvalue weighted by atomic mass is 32.1. The highest BCUT2D eigenvalue weighted by molar-refractivity contribution is 7.80. The number of methoxy groups -OCH3 is 1. The Kier molecular flexibility index (Phi) is 6.16. The minimum absolute atomic E-state index is 0.325. The maximum atomic E-state index is 12.9. The van der Waals surface area contributed by atoms with Gasteiger partial charge in [-0.15, -0.1) is 0 Å². The van der Waals surface area contributed by atoms with E-state index in [-0.39, 0.29) is 0 Å². The molecule has 98 valence electrons. The SMILES string of the molecule is COCCNC(=S)N/N=C/c1ccc(F)c(F)c1. The van der Waals surface area contributed by atoms with Crippen LogP contribution < -0.4 is 10.7 Å². The third-order valence-electron chi connectivity index (χ3n) is 1.92. The van der Waals surface area contributed by atoms with E-state index in [0.29, 0.717) is 23.8 Å². The molecule has 0 bridgehead atoms. The minimum Gasteiger partial charge on any atom is -0.383 e. The molecule has 0 amide bonds. The van der Waals surface area contributed by atoms with E-state index in [1.54, 1.807) is 7.11 Å². The molecule has 0 aromatic heterocycles. The lowest BCUT2D eigenvalue weighted by atomic mass is 10.2. The first-order valence-corrected chi connectivity index (χ1v) is 5.55. The number of hydrazone groups is 1. The number of thiocarbonyl (C=S) groups is 1. The van der Waals surface area contributed by atoms with Gasteiger partial charge in [0.25, 0.3) is 0 Å². The molecule has 7 heteroatoms. The Labute approximate surface area is 109 Å². The number of hydrogen-bond acceptors (Lipinski definition) is 3. The number of halogens is 2. The molecular formula is C11H13F2N3OS. The van der Waals surface area contributed by atoms with Gasteiger partial charge in [-0.2, -0.15) is 5.10 Å². The van der Waals surface area contributed by atoms with Gasteiger partial charge in [-0.05, 0) is 29.9 Å². The van der Waals surface area contributed by atoms with Gasteiger partial charge < -0.3 is 10.1 Å². The fraction of sp³-hybridized carbons (Fsp3) is 0.273. The van der Waals surface area contributed by atoms with Crippen molar-refractivity contribution in [2.45, 2.75) is 0 Å². The molecule has 0 radical (unpaired) electrons. The van der Waals surface area contributed by atoms with Crippen LogP contribution in [0.25, 0.3) is 0 Å². The molecule has 1 aromatic rings. The first-order valence-electron chi connectivity index (χ1n) is 5.14. The van der Waals surface area contributed by atoms with Crippen LogP contribution in [0.2, 0.25) is 0 Å². The summed E-state index contributed by atoms with van der Waals surface area (Å²) in [6.07, 6.45) is 1.34. The molecule has 0 aliphatic carbocycles. The van der Waals surface area contributed by atoms with E-state index in [1.807, 2.05) is 0 Å². The van der Waals surface area contributed by atoms with Crippen molar-refractivity contribution >= 4 is 23.5 Å². The van der Waals surface area contributed by atoms with Crippen LogP contribution in [0, 0.1) is 11.6 Å². The standard InChI is InChI=1S/C11H13F2N3OS/c1-17-5-4-14-11(18)16-15-7-8-2-3-9(12)10(13)6-8/h2-3,6-7H,4-5H2,1H3,(H2,14,16,18)/b15-7+. The Balaban J connectivity index is 2.40. The number of hydrogen-bond donors (Lipinski definition) is 2. The Bertz CT molecular complexity index is 440. The molecule has 0 atom stereocenters. The second kappa shape index (κ2) is 7.67. The summed E-state index contributed by atoms with van der Waals surface area (Å²) < 4.78 is 30.3. The van der Waals surface area contributed by atoms with Crippen LogP contribution in [0.3, 0.4) is 0 Å². The lowest BCUT2D eigenvalue weighted by Gasteiger charge is -2.05. The third-order valence-corrected chi connectivity index (χ3v) is 2.15. The summed E-state index contributed by atoms with van der Waals surface area (Å²) in [4.78, 5) is 0. The summed E-state index contributed by atoms with van der Waals surface area (Å²) in [5.74, 6) is -1.81. The summed E-state index contributed by atoms with van der Waals surface area (Å²) in [7, 11) is 1.58. The lowest BCUT2D eigenvalue weighted by molar-refractivity contribution is 0.204. The largest absolute Gasteiger partial charge is 0.383 e. The van der Waals surface area contributed by atoms with Crippen molar-refractivity contribution in [3.05, 3.63) is 35.4 Å². The van der Waals surface area contributed by atoms with Crippen molar-refractivity contribution in [2.75, 3.05) is 20.3 Å². The zero-order chi connectivity index (χ0) is 13.4. The van der Waals surface area contributed by atoms with E-state index in [4.69, 9.17) is 17.0 Å². The summed E-state index contributed by atoms with van der Waals surface area (Å²) in [5.41, 5.74) is 2.97. The topological polar surface area (TPSA) is 45.6 Å². The Morgan fingerprint density at radius 2 is 2.22 bits per heavy atom. The van der Waals surface area contributed by atoms with Crippen molar-refractivity contribution in [3.63, 3.8) is 0 Å². The molecule has 0 fully saturated rings. The average Bonchev–Trinajstić information content (AvgIpc) is 2.34. The quantitative estimate of drug-likeness (QED) is 0.368. The predicted octanol–water partition coefficient (Wildman–Crippen LogP) is 1.41. The number of benzene rings is 1. The van der Waals surface area contributed by atoms with Gasteiger partial charge in [-0.3, -0.25) is 5.43 Å². The molecule has 2 N–H and O–H groups in total. The minimum atomic E-state index is -0.917. The second-order valence-corrected chi connectivity index (χ2v) is 3.70. The van der Waals surface area contributed by atoms with Gasteiger partial charge in [0.15, 0.2) is 16.7 Å². The Morgan fingerprint density at radius 3 is 2.89 bits per heavy atom. The van der Waals surface area contributed by atoms with E-state index in [9.17, 15) is 8.78 Å². The first-order chi connectivity index (χ1) is 8.63. The molecule has 1 rings (SSSR count). The molecule has 0 heterocycles. The van der Waals surface area contributed by atoms with E-state index < -0.39 is 11.6 Å². The summed E-state index contributed by atoms with van der Waals surface area (Å²) >= 11 is 4.90. The molecule has 0 aliphatic rings. The summed E-state index contributed by atoms with van der Waals surface area (Å²) in [5, 5.41) is 6.95. The Hall–Kier alpha value is -1.60. The molecular weight excluding hydrogens is 260 g/mol. The number of ether oxygens (including phenoxy) is 1. The van der Waals surface area contributed by atoms with Crippen LogP contribution in [-0.2, 0) is 4.74 Å². The van der Waals surface area contributed by atoms with Crippen LogP contribution >= 0.6 is 12.2 Å². The highest BCUT2D eigenvalue weighted by Crippen LogP contribution is 2.06. The zero-order valence-electron chi connectivity index (χ0n) is 9.74. The van der Waals surface area contributed by atoms with Gasteiger partial charge >= 0.3 is 0 Å². The highest BCUT2D eigenvalue weighted by Gasteiger charge is 2.00. The van der Waals surface area contributed by atoms with Crippen LogP contribution in [0.4, 0.5) is 8.78 Å². The predicted molar refractivity (Wildman–Crippen MR) is 69.6 cm³/mol. The summed E-state index contributed by atoms with van der Waals surface area (Å²) in [6, 6.07) is 3.48. The van der Waals surface area contributed by atoms with Gasteiger partial charge in [0.1, 0.15) is 0 Å². The van der Waals surface area contributed by atoms with Crippen molar-refractivity contribution < 1.29 is 13.5 Å². The number of nitrogens with one attached hydrogen (secondary N) is 2. The average molecular weight is 273 g/mol. The fourth-order valence-electron chi connectivity index (χ4n) is 1.06. The second-order valence-electron chi connectivity index (χ2n) is 3.29. The maximum absolute atomic E-state index is 12.9. The number of nitrogens with zero attached hydrogens (tertiary/aromatic N) is 1. The van der Waals surface area contributed by atoms with E-state index >= 15 is 0 Å². The van der Waals surface area contributed by atoms with Gasteiger partial charge in [-0.25, -0.2) is 8.78 Å². The van der Waals surface area contributed by atoms with E-state index in [1.165, 1.54) is 12.3 Å². The molecule has 0 saturated heterocycles. The number of rotatable bonds is 5. The molecule has 1 aromatic carbocycles. The van der Waals surface area contributed by atoms with Crippen LogP contribution in [-0.4, -0.2) is 31.6 Å². The smallest absolute Gasteiger partial charge is 0.187 e. The van der Waals surface area contributed by atoms with Crippen LogP contribution in [0.5, 0.6) is 0 Å². The van der Waals surface area contributed by atoms with Crippen molar-refractivity contribution in [1.29, 1.82) is 0 Å². The zero-order valence-corrected chi connectivity index (χ0v) is 10.6. The monoisotopic (exact) mass is 273 g/mol. The molecule has 4 nitrogen and oxygen atoms in total. The first kappa shape index (κ1) is 14.5. The van der Waals surface area contributed by atoms with E-state index in [0.717, 1.165) is 12.1 Å².